The van der Waals surface area contributed by atoms with Crippen LogP contribution in [0.3, 0.4) is 0 Å². The maximum atomic E-state index is 6.09. The van der Waals surface area contributed by atoms with E-state index in [-0.39, 0.29) is 5.60 Å². The number of hydrogen-bond donors (Lipinski definition) is 0. The molecule has 0 radical (unpaired) electrons. The van der Waals surface area contributed by atoms with Crippen molar-refractivity contribution in [2.75, 3.05) is 38.9 Å². The van der Waals surface area contributed by atoms with Gasteiger partial charge >= 0.3 is 0 Å². The average molecular weight is 323 g/mol. The molecule has 18 heavy (non-hydrogen) atoms. The van der Waals surface area contributed by atoms with E-state index in [0.717, 1.165) is 30.9 Å². The second kappa shape index (κ2) is 9.29. The first kappa shape index (κ1) is 16.4. The fourth-order valence-corrected chi connectivity index (χ4v) is 3.30. The lowest BCUT2D eigenvalue weighted by Crippen LogP contribution is -2.40. The lowest BCUT2D eigenvalue weighted by atomic mass is 9.80. The molecule has 3 nitrogen and oxygen atoms in total. The predicted molar refractivity (Wildman–Crippen MR) is 77.4 cm³/mol. The van der Waals surface area contributed by atoms with Crippen LogP contribution in [0, 0.1) is 5.92 Å². The van der Waals surface area contributed by atoms with Crippen molar-refractivity contribution >= 4 is 15.9 Å². The molecule has 2 unspecified atom stereocenters. The minimum atomic E-state index is 0.0492. The maximum Gasteiger partial charge on any atom is 0.0782 e. The Morgan fingerprint density at radius 3 is 2.72 bits per heavy atom. The molecule has 1 aliphatic carbocycles. The number of ether oxygens (including phenoxy) is 3. The van der Waals surface area contributed by atoms with Crippen LogP contribution in [0.15, 0.2) is 0 Å². The van der Waals surface area contributed by atoms with Gasteiger partial charge in [0.1, 0.15) is 0 Å². The highest BCUT2D eigenvalue weighted by Crippen LogP contribution is 2.36. The highest BCUT2D eigenvalue weighted by atomic mass is 79.9. The van der Waals surface area contributed by atoms with E-state index in [1.807, 2.05) is 0 Å². The molecule has 4 heteroatoms. The van der Waals surface area contributed by atoms with Gasteiger partial charge in [-0.2, -0.15) is 0 Å². The topological polar surface area (TPSA) is 27.7 Å². The van der Waals surface area contributed by atoms with Crippen molar-refractivity contribution in [3.05, 3.63) is 0 Å². The van der Waals surface area contributed by atoms with Crippen molar-refractivity contribution < 1.29 is 14.2 Å². The van der Waals surface area contributed by atoms with Crippen LogP contribution in [0.5, 0.6) is 0 Å². The van der Waals surface area contributed by atoms with Crippen LogP contribution < -0.4 is 0 Å². The molecule has 0 aromatic carbocycles. The van der Waals surface area contributed by atoms with Gasteiger partial charge in [-0.05, 0) is 25.2 Å². The van der Waals surface area contributed by atoms with E-state index in [4.69, 9.17) is 14.2 Å². The molecule has 1 fully saturated rings. The molecule has 0 spiro atoms. The second-order valence-corrected chi connectivity index (χ2v) is 5.89. The Hall–Kier alpha value is 0.360. The monoisotopic (exact) mass is 322 g/mol. The predicted octanol–water partition coefficient (Wildman–Crippen LogP) is 3.40. The molecule has 0 aromatic heterocycles. The first-order valence-electron chi connectivity index (χ1n) is 6.99. The largest absolute Gasteiger partial charge is 0.385 e. The molecule has 2 atom stereocenters. The summed E-state index contributed by atoms with van der Waals surface area (Å²) in [5, 5.41) is 0.939. The summed E-state index contributed by atoms with van der Waals surface area (Å²) in [6, 6.07) is 0. The third-order valence-corrected chi connectivity index (χ3v) is 4.59. The van der Waals surface area contributed by atoms with Gasteiger partial charge in [0.25, 0.3) is 0 Å². The summed E-state index contributed by atoms with van der Waals surface area (Å²) >= 11 is 3.62. The Morgan fingerprint density at radius 1 is 1.22 bits per heavy atom. The molecule has 0 N–H and O–H groups in total. The van der Waals surface area contributed by atoms with Gasteiger partial charge in [0.05, 0.1) is 18.8 Å². The number of methoxy groups -OCH3 is 1. The number of halogens is 1. The Labute approximate surface area is 120 Å². The summed E-state index contributed by atoms with van der Waals surface area (Å²) in [6.07, 6.45) is 5.92. The van der Waals surface area contributed by atoms with Crippen LogP contribution in [-0.2, 0) is 14.2 Å². The molecule has 1 saturated carbocycles. The van der Waals surface area contributed by atoms with E-state index in [1.54, 1.807) is 7.11 Å². The summed E-state index contributed by atoms with van der Waals surface area (Å²) in [5.41, 5.74) is 0.0492. The first-order chi connectivity index (χ1) is 8.72. The third-order valence-electron chi connectivity index (χ3n) is 3.57. The van der Waals surface area contributed by atoms with Gasteiger partial charge in [0, 0.05) is 25.7 Å². The molecule has 0 aromatic rings. The Kier molecular flexibility index (Phi) is 8.47. The zero-order valence-corrected chi connectivity index (χ0v) is 13.3. The summed E-state index contributed by atoms with van der Waals surface area (Å²) in [7, 11) is 1.72. The van der Waals surface area contributed by atoms with E-state index >= 15 is 0 Å². The number of rotatable bonds is 9. The minimum absolute atomic E-state index is 0.0492. The van der Waals surface area contributed by atoms with Gasteiger partial charge in [-0.25, -0.2) is 0 Å². The van der Waals surface area contributed by atoms with Crippen LogP contribution in [0.4, 0.5) is 0 Å². The molecule has 108 valence electrons. The van der Waals surface area contributed by atoms with E-state index < -0.39 is 0 Å². The number of hydrogen-bond acceptors (Lipinski definition) is 3. The molecule has 1 rings (SSSR count). The molecule has 0 saturated heterocycles. The fourth-order valence-electron chi connectivity index (χ4n) is 2.63. The zero-order chi connectivity index (χ0) is 13.3. The minimum Gasteiger partial charge on any atom is -0.385 e. The van der Waals surface area contributed by atoms with Crippen LogP contribution in [-0.4, -0.2) is 44.5 Å². The van der Waals surface area contributed by atoms with E-state index in [0.29, 0.717) is 13.2 Å². The summed E-state index contributed by atoms with van der Waals surface area (Å²) in [4.78, 5) is 0. The Morgan fingerprint density at radius 2 is 2.06 bits per heavy atom. The first-order valence-corrected chi connectivity index (χ1v) is 8.11. The van der Waals surface area contributed by atoms with Crippen LogP contribution >= 0.6 is 15.9 Å². The molecule has 0 amide bonds. The molecule has 1 aliphatic rings. The summed E-state index contributed by atoms with van der Waals surface area (Å²) in [5.74, 6) is 0.777. The fraction of sp³-hybridized carbons (Fsp3) is 1.00. The average Bonchev–Trinajstić information content (AvgIpc) is 2.38. The van der Waals surface area contributed by atoms with E-state index in [2.05, 4.69) is 22.9 Å². The zero-order valence-electron chi connectivity index (χ0n) is 11.8. The molecular weight excluding hydrogens is 296 g/mol. The molecule has 0 heterocycles. The van der Waals surface area contributed by atoms with E-state index in [1.165, 1.54) is 25.7 Å². The Bertz CT molecular complexity index is 213. The van der Waals surface area contributed by atoms with Gasteiger partial charge in [0.15, 0.2) is 0 Å². The van der Waals surface area contributed by atoms with Gasteiger partial charge in [-0.3, -0.25) is 0 Å². The summed E-state index contributed by atoms with van der Waals surface area (Å²) in [6.45, 7) is 5.23. The van der Waals surface area contributed by atoms with Crippen molar-refractivity contribution in [1.29, 1.82) is 0 Å². The van der Waals surface area contributed by atoms with Crippen molar-refractivity contribution in [2.24, 2.45) is 5.92 Å². The lowest BCUT2D eigenvalue weighted by molar-refractivity contribution is -0.0818. The summed E-state index contributed by atoms with van der Waals surface area (Å²) < 4.78 is 16.6. The maximum absolute atomic E-state index is 6.09. The van der Waals surface area contributed by atoms with Crippen LogP contribution in [0.25, 0.3) is 0 Å². The lowest BCUT2D eigenvalue weighted by Gasteiger charge is -2.38. The van der Waals surface area contributed by atoms with E-state index in [9.17, 15) is 0 Å². The van der Waals surface area contributed by atoms with Gasteiger partial charge < -0.3 is 14.2 Å². The molecule has 0 bridgehead atoms. The Balaban J connectivity index is 2.11. The van der Waals surface area contributed by atoms with Crippen molar-refractivity contribution in [3.63, 3.8) is 0 Å². The quantitative estimate of drug-likeness (QED) is 0.481. The van der Waals surface area contributed by atoms with Crippen molar-refractivity contribution in [3.8, 4) is 0 Å². The molecule has 0 aliphatic heterocycles. The molecular formula is C14H27BrO3. The third kappa shape index (κ3) is 6.00. The van der Waals surface area contributed by atoms with Gasteiger partial charge in [-0.1, -0.05) is 35.7 Å². The van der Waals surface area contributed by atoms with Gasteiger partial charge in [0.2, 0.25) is 0 Å². The highest BCUT2D eigenvalue weighted by molar-refractivity contribution is 9.09. The standard InChI is InChI=1S/C14H27BrO3/c1-13-5-3-6-14(11-13,12-15)18-10-9-17-8-4-7-16-2/h13H,3-12H2,1-2H3. The van der Waals surface area contributed by atoms with Gasteiger partial charge in [-0.15, -0.1) is 0 Å². The number of alkyl halides is 1. The SMILES string of the molecule is COCCCOCCOC1(CBr)CCCC(C)C1. The normalized spacial score (nSPS) is 28.5. The van der Waals surface area contributed by atoms with Crippen molar-refractivity contribution in [1.82, 2.24) is 0 Å². The van der Waals surface area contributed by atoms with Crippen LogP contribution in [0.1, 0.15) is 39.0 Å². The van der Waals surface area contributed by atoms with Crippen molar-refractivity contribution in [2.45, 2.75) is 44.6 Å². The smallest absolute Gasteiger partial charge is 0.0782 e. The highest BCUT2D eigenvalue weighted by Gasteiger charge is 2.34. The second-order valence-electron chi connectivity index (χ2n) is 5.33. The van der Waals surface area contributed by atoms with Crippen LogP contribution in [0.2, 0.25) is 0 Å².